The summed E-state index contributed by atoms with van der Waals surface area (Å²) in [6.07, 6.45) is -1.90. The van der Waals surface area contributed by atoms with Gasteiger partial charge in [-0.2, -0.15) is 0 Å². The fourth-order valence-electron chi connectivity index (χ4n) is 4.10. The number of primary amides is 1. The van der Waals surface area contributed by atoms with Gasteiger partial charge in [0, 0.05) is 18.5 Å². The minimum atomic E-state index is -1.26. The van der Waals surface area contributed by atoms with E-state index in [0.29, 0.717) is 5.56 Å². The number of imide groups is 1. The van der Waals surface area contributed by atoms with Crippen LogP contribution < -0.4 is 11.5 Å². The second-order valence-electron chi connectivity index (χ2n) is 11.6. The number of amides is 4. The lowest BCUT2D eigenvalue weighted by Crippen LogP contribution is -2.50. The molecule has 2 aromatic rings. The minimum Gasteiger partial charge on any atom is -0.480 e. The number of hydrogen-bond acceptors (Lipinski definition) is 8. The van der Waals surface area contributed by atoms with Crippen molar-refractivity contribution in [1.82, 2.24) is 9.80 Å². The van der Waals surface area contributed by atoms with Gasteiger partial charge in [0.2, 0.25) is 11.8 Å². The van der Waals surface area contributed by atoms with Crippen LogP contribution in [0.4, 0.5) is 9.59 Å². The number of hydrogen-bond donors (Lipinski definition) is 3. The molecule has 0 spiro atoms. The normalized spacial score (nSPS) is 16.5. The van der Waals surface area contributed by atoms with E-state index in [4.69, 9.17) is 20.9 Å². The molecule has 4 amide bonds. The lowest BCUT2D eigenvalue weighted by molar-refractivity contribution is -0.142. The molecular weight excluding hydrogens is 544 g/mol. The third-order valence-corrected chi connectivity index (χ3v) is 5.84. The quantitative estimate of drug-likeness (QED) is 0.472. The van der Waals surface area contributed by atoms with Crippen LogP contribution in [-0.4, -0.2) is 81.3 Å². The Hall–Kier alpha value is -4.45. The van der Waals surface area contributed by atoms with E-state index in [0.717, 1.165) is 20.9 Å². The molecule has 228 valence electrons. The van der Waals surface area contributed by atoms with Gasteiger partial charge in [-0.3, -0.25) is 14.5 Å². The first kappa shape index (κ1) is 33.8. The molecule has 0 aliphatic carbocycles. The number of aliphatic carboxylic acids is 1. The largest absolute Gasteiger partial charge is 0.480 e. The van der Waals surface area contributed by atoms with Crippen LogP contribution in [0.1, 0.15) is 58.3 Å². The summed E-state index contributed by atoms with van der Waals surface area (Å²) in [6, 6.07) is 15.1. The van der Waals surface area contributed by atoms with E-state index in [-0.39, 0.29) is 13.0 Å². The summed E-state index contributed by atoms with van der Waals surface area (Å²) in [5, 5.41) is 9.46. The highest BCUT2D eigenvalue weighted by atomic mass is 16.6. The Morgan fingerprint density at radius 3 is 1.98 bits per heavy atom. The molecule has 2 atom stereocenters. The van der Waals surface area contributed by atoms with E-state index in [2.05, 4.69) is 0 Å². The maximum absolute atomic E-state index is 12.5. The number of nitrogens with two attached hydrogens (primary N) is 2. The zero-order valence-corrected chi connectivity index (χ0v) is 24.8. The number of carboxylic acid groups (broad SMARTS) is 1. The zero-order chi connectivity index (χ0) is 31.8. The highest BCUT2D eigenvalue weighted by molar-refractivity contribution is 5.94. The first-order valence-corrected chi connectivity index (χ1v) is 13.4. The maximum atomic E-state index is 12.5. The number of benzene rings is 2. The summed E-state index contributed by atoms with van der Waals surface area (Å²) >= 11 is 0. The summed E-state index contributed by atoms with van der Waals surface area (Å²) in [6.45, 7) is 9.22. The van der Waals surface area contributed by atoms with Gasteiger partial charge >= 0.3 is 18.2 Å². The summed E-state index contributed by atoms with van der Waals surface area (Å²) in [4.78, 5) is 61.5. The van der Waals surface area contributed by atoms with Crippen LogP contribution in [0, 0.1) is 0 Å². The Kier molecular flexibility index (Phi) is 11.2. The number of rotatable bonds is 5. The van der Waals surface area contributed by atoms with Gasteiger partial charge in [0.25, 0.3) is 0 Å². The van der Waals surface area contributed by atoms with Gasteiger partial charge in [0.1, 0.15) is 17.2 Å². The van der Waals surface area contributed by atoms with Crippen LogP contribution in [0.15, 0.2) is 54.6 Å². The van der Waals surface area contributed by atoms with Gasteiger partial charge in [0.05, 0.1) is 12.6 Å². The molecule has 5 N–H and O–H groups in total. The third-order valence-electron chi connectivity index (χ3n) is 5.84. The van der Waals surface area contributed by atoms with E-state index in [1.807, 2.05) is 42.5 Å². The molecule has 1 heterocycles. The molecule has 2 aromatic carbocycles. The minimum absolute atomic E-state index is 0.139. The standard InChI is InChI=1S/C17H29N3O7.C13H11NO/c1-16(2,3)26-14(24)19-9-10(7-11(19)13(22)23)20(12(21)8-18)15(25)27-17(4,5)6;14-13(15)12-8-4-7-11(9-12)10-5-2-1-3-6-10/h10-11H,7-9,18H2,1-6H3,(H,22,23);1-9H,(H2,14,15)/t10-,11+;/m0./s1. The van der Waals surface area contributed by atoms with Crippen molar-refractivity contribution in [2.45, 2.75) is 71.2 Å². The molecule has 0 saturated carbocycles. The number of likely N-dealkylation sites (tertiary alicyclic amines) is 1. The molecule has 1 aliphatic rings. The number of carbonyl (C=O) groups excluding carboxylic acids is 4. The third kappa shape index (κ3) is 9.88. The fraction of sp³-hybridized carbons (Fsp3) is 0.433. The van der Waals surface area contributed by atoms with Crippen molar-refractivity contribution in [2.75, 3.05) is 13.1 Å². The van der Waals surface area contributed by atoms with Gasteiger partial charge in [0.15, 0.2) is 0 Å². The van der Waals surface area contributed by atoms with Gasteiger partial charge in [-0.05, 0) is 64.8 Å². The highest BCUT2D eigenvalue weighted by Gasteiger charge is 2.47. The number of carbonyl (C=O) groups is 5. The monoisotopic (exact) mass is 584 g/mol. The summed E-state index contributed by atoms with van der Waals surface area (Å²) in [5.41, 5.74) is 11.6. The van der Waals surface area contributed by atoms with Crippen LogP contribution in [0.2, 0.25) is 0 Å². The van der Waals surface area contributed by atoms with Crippen LogP contribution in [0.25, 0.3) is 11.1 Å². The predicted molar refractivity (Wildman–Crippen MR) is 155 cm³/mol. The molecule has 1 saturated heterocycles. The van der Waals surface area contributed by atoms with E-state index < -0.39 is 59.8 Å². The smallest absolute Gasteiger partial charge is 0.417 e. The average molecular weight is 585 g/mol. The first-order valence-electron chi connectivity index (χ1n) is 13.4. The molecule has 12 heteroatoms. The van der Waals surface area contributed by atoms with E-state index in [1.165, 1.54) is 0 Å². The second kappa shape index (κ2) is 13.9. The Labute approximate surface area is 245 Å². The van der Waals surface area contributed by atoms with Crippen LogP contribution in [0.5, 0.6) is 0 Å². The Morgan fingerprint density at radius 2 is 1.48 bits per heavy atom. The molecule has 42 heavy (non-hydrogen) atoms. The Morgan fingerprint density at radius 1 is 0.905 bits per heavy atom. The number of ether oxygens (including phenoxy) is 2. The molecular formula is C30H40N4O8. The van der Waals surface area contributed by atoms with Crippen molar-refractivity contribution in [3.8, 4) is 11.1 Å². The fourth-order valence-corrected chi connectivity index (χ4v) is 4.10. The maximum Gasteiger partial charge on any atom is 0.417 e. The number of nitrogens with zero attached hydrogens (tertiary/aromatic N) is 2. The highest BCUT2D eigenvalue weighted by Crippen LogP contribution is 2.26. The van der Waals surface area contributed by atoms with Crippen molar-refractivity contribution in [2.24, 2.45) is 11.5 Å². The SMILES string of the molecule is CC(C)(C)OC(=O)N1C[C@@H](N(C(=O)CN)C(=O)OC(C)(C)C)C[C@@H]1C(=O)O.NC(=O)c1cccc(-c2ccccc2)c1. The molecule has 0 aromatic heterocycles. The van der Waals surface area contributed by atoms with Crippen molar-refractivity contribution in [3.05, 3.63) is 60.2 Å². The molecule has 1 aliphatic heterocycles. The van der Waals surface area contributed by atoms with Crippen LogP contribution in [-0.2, 0) is 19.1 Å². The second-order valence-corrected chi connectivity index (χ2v) is 11.6. The average Bonchev–Trinajstić information content (AvgIpc) is 3.33. The predicted octanol–water partition coefficient (Wildman–Crippen LogP) is 3.62. The lowest BCUT2D eigenvalue weighted by atomic mass is 10.0. The van der Waals surface area contributed by atoms with E-state index in [1.54, 1.807) is 53.7 Å². The van der Waals surface area contributed by atoms with E-state index >= 15 is 0 Å². The zero-order valence-electron chi connectivity index (χ0n) is 24.8. The molecule has 3 rings (SSSR count). The van der Waals surface area contributed by atoms with Crippen molar-refractivity contribution in [1.29, 1.82) is 0 Å². The van der Waals surface area contributed by atoms with Gasteiger partial charge < -0.3 is 26.0 Å². The lowest BCUT2D eigenvalue weighted by Gasteiger charge is -2.30. The van der Waals surface area contributed by atoms with Crippen molar-refractivity contribution < 1.29 is 38.6 Å². The van der Waals surface area contributed by atoms with Crippen molar-refractivity contribution in [3.63, 3.8) is 0 Å². The number of carboxylic acids is 1. The topological polar surface area (TPSA) is 183 Å². The summed E-state index contributed by atoms with van der Waals surface area (Å²) < 4.78 is 10.5. The summed E-state index contributed by atoms with van der Waals surface area (Å²) in [5.74, 6) is -2.37. The molecule has 0 radical (unpaired) electrons. The van der Waals surface area contributed by atoms with Gasteiger partial charge in [-0.25, -0.2) is 19.3 Å². The molecule has 12 nitrogen and oxygen atoms in total. The van der Waals surface area contributed by atoms with Gasteiger partial charge in [-0.1, -0.05) is 42.5 Å². The van der Waals surface area contributed by atoms with Crippen LogP contribution in [0.3, 0.4) is 0 Å². The molecule has 0 unspecified atom stereocenters. The Balaban J connectivity index is 0.000000343. The van der Waals surface area contributed by atoms with E-state index in [9.17, 15) is 29.1 Å². The Bertz CT molecular complexity index is 1280. The molecule has 1 fully saturated rings. The van der Waals surface area contributed by atoms with Crippen LogP contribution >= 0.6 is 0 Å². The van der Waals surface area contributed by atoms with Crippen molar-refractivity contribution >= 4 is 30.0 Å². The molecule has 0 bridgehead atoms. The summed E-state index contributed by atoms with van der Waals surface area (Å²) in [7, 11) is 0. The van der Waals surface area contributed by atoms with Gasteiger partial charge in [-0.15, -0.1) is 0 Å². The first-order chi connectivity index (χ1) is 19.4.